The Morgan fingerprint density at radius 2 is 2.00 bits per heavy atom. The maximum Gasteiger partial charge on any atom is 0.331 e. The molecule has 1 aliphatic heterocycles. The maximum absolute atomic E-state index is 12.5. The molecule has 20 heavy (non-hydrogen) atoms. The summed E-state index contributed by atoms with van der Waals surface area (Å²) in [5.41, 5.74) is 0.416. The highest BCUT2D eigenvalue weighted by molar-refractivity contribution is 6.01. The third-order valence-electron chi connectivity index (χ3n) is 3.37. The van der Waals surface area contributed by atoms with Crippen LogP contribution in [0.2, 0.25) is 0 Å². The van der Waals surface area contributed by atoms with Crippen LogP contribution in [0, 0.1) is 5.41 Å². The number of carbonyl (C=O) groups excluding carboxylic acids is 2. The van der Waals surface area contributed by atoms with Gasteiger partial charge in [-0.1, -0.05) is 38.1 Å². The monoisotopic (exact) mass is 273 g/mol. The minimum atomic E-state index is -0.744. The van der Waals surface area contributed by atoms with Crippen LogP contribution in [-0.2, 0) is 14.3 Å². The molecule has 1 heterocycles. The number of rotatable bonds is 3. The number of carbonyl (C=O) groups is 2. The highest BCUT2D eigenvalue weighted by Gasteiger charge is 2.49. The molecule has 1 amide bonds. The number of hydrogen-bond acceptors (Lipinski definition) is 3. The Bertz CT molecular complexity index is 534. The summed E-state index contributed by atoms with van der Waals surface area (Å²) in [6.45, 7) is 6.13. The Morgan fingerprint density at radius 3 is 2.60 bits per heavy atom. The van der Waals surface area contributed by atoms with Crippen LogP contribution in [0.4, 0.5) is 5.69 Å². The second-order valence-corrected chi connectivity index (χ2v) is 5.57. The quantitative estimate of drug-likeness (QED) is 0.628. The second-order valence-electron chi connectivity index (χ2n) is 5.57. The summed E-state index contributed by atoms with van der Waals surface area (Å²) >= 11 is 0. The molecule has 0 unspecified atom stereocenters. The average Bonchev–Trinajstić information content (AvgIpc) is 2.64. The first kappa shape index (κ1) is 14.3. The molecule has 0 aromatic heterocycles. The smallest absolute Gasteiger partial charge is 0.331 e. The van der Waals surface area contributed by atoms with Gasteiger partial charge in [-0.15, -0.1) is 0 Å². The molecule has 1 aromatic carbocycles. The number of allylic oxidation sites excluding steroid dienone is 1. The minimum Gasteiger partial charge on any atom is -0.448 e. The van der Waals surface area contributed by atoms with Gasteiger partial charge >= 0.3 is 5.97 Å². The summed E-state index contributed by atoms with van der Waals surface area (Å²) in [6.07, 6.45) is 2.18. The highest BCUT2D eigenvalue weighted by atomic mass is 16.5. The van der Waals surface area contributed by atoms with E-state index < -0.39 is 17.5 Å². The van der Waals surface area contributed by atoms with E-state index in [0.29, 0.717) is 6.54 Å². The van der Waals surface area contributed by atoms with Crippen LogP contribution in [0.1, 0.15) is 20.8 Å². The molecule has 2 rings (SSSR count). The molecule has 1 saturated heterocycles. The fourth-order valence-corrected chi connectivity index (χ4v) is 2.37. The predicted molar refractivity (Wildman–Crippen MR) is 77.3 cm³/mol. The Balaban J connectivity index is 2.22. The van der Waals surface area contributed by atoms with Gasteiger partial charge in [-0.2, -0.15) is 0 Å². The van der Waals surface area contributed by atoms with Gasteiger partial charge in [-0.05, 0) is 19.1 Å². The number of amides is 1. The number of para-hydroxylation sites is 1. The number of nitrogens with zero attached hydrogens (tertiary/aromatic N) is 1. The van der Waals surface area contributed by atoms with Crippen molar-refractivity contribution in [3.63, 3.8) is 0 Å². The molecule has 4 heteroatoms. The summed E-state index contributed by atoms with van der Waals surface area (Å²) in [5, 5.41) is 0. The van der Waals surface area contributed by atoms with Crippen molar-refractivity contribution in [2.75, 3.05) is 11.4 Å². The van der Waals surface area contributed by atoms with Crippen LogP contribution in [0.5, 0.6) is 0 Å². The molecule has 1 atom stereocenters. The fourth-order valence-electron chi connectivity index (χ4n) is 2.37. The van der Waals surface area contributed by atoms with Crippen LogP contribution in [0.25, 0.3) is 0 Å². The van der Waals surface area contributed by atoms with Crippen molar-refractivity contribution in [3.05, 3.63) is 42.5 Å². The topological polar surface area (TPSA) is 46.6 Å². The molecule has 0 bridgehead atoms. The molecule has 1 aliphatic rings. The lowest BCUT2D eigenvalue weighted by Crippen LogP contribution is -2.35. The lowest BCUT2D eigenvalue weighted by Gasteiger charge is -2.22. The van der Waals surface area contributed by atoms with Crippen molar-refractivity contribution >= 4 is 17.6 Å². The van der Waals surface area contributed by atoms with Crippen molar-refractivity contribution in [2.45, 2.75) is 26.9 Å². The third-order valence-corrected chi connectivity index (χ3v) is 3.37. The summed E-state index contributed by atoms with van der Waals surface area (Å²) < 4.78 is 5.31. The van der Waals surface area contributed by atoms with E-state index >= 15 is 0 Å². The zero-order chi connectivity index (χ0) is 14.8. The van der Waals surface area contributed by atoms with Crippen LogP contribution >= 0.6 is 0 Å². The molecule has 106 valence electrons. The maximum atomic E-state index is 12.5. The highest BCUT2D eigenvalue weighted by Crippen LogP contribution is 2.35. The van der Waals surface area contributed by atoms with Gasteiger partial charge in [0.15, 0.2) is 6.10 Å². The van der Waals surface area contributed by atoms with E-state index in [-0.39, 0.29) is 5.91 Å². The van der Waals surface area contributed by atoms with Crippen molar-refractivity contribution in [2.24, 2.45) is 5.41 Å². The van der Waals surface area contributed by atoms with E-state index in [1.807, 2.05) is 44.2 Å². The van der Waals surface area contributed by atoms with Gasteiger partial charge in [0.25, 0.3) is 5.91 Å². The van der Waals surface area contributed by atoms with Gasteiger partial charge in [0.1, 0.15) is 0 Å². The van der Waals surface area contributed by atoms with Crippen molar-refractivity contribution in [3.8, 4) is 0 Å². The van der Waals surface area contributed by atoms with Crippen LogP contribution in [0.15, 0.2) is 42.5 Å². The standard InChI is InChI=1S/C16H19NO3/c1-4-8-13(18)20-14-15(19)17(11-16(14,2)3)12-9-6-5-7-10-12/h4-10,14H,11H2,1-3H3/b8-4+/t14-/m0/s1. The van der Waals surface area contributed by atoms with E-state index in [1.165, 1.54) is 6.08 Å². The van der Waals surface area contributed by atoms with Crippen molar-refractivity contribution < 1.29 is 14.3 Å². The van der Waals surface area contributed by atoms with Gasteiger partial charge in [-0.25, -0.2) is 4.79 Å². The first-order valence-corrected chi connectivity index (χ1v) is 6.65. The third kappa shape index (κ3) is 2.74. The van der Waals surface area contributed by atoms with Gasteiger partial charge in [0.05, 0.1) is 0 Å². The molecule has 0 spiro atoms. The normalized spacial score (nSPS) is 21.4. The number of anilines is 1. The van der Waals surface area contributed by atoms with E-state index in [1.54, 1.807) is 17.9 Å². The largest absolute Gasteiger partial charge is 0.448 e. The lowest BCUT2D eigenvalue weighted by molar-refractivity contribution is -0.153. The fraction of sp³-hybridized carbons (Fsp3) is 0.375. The summed E-state index contributed by atoms with van der Waals surface area (Å²) in [4.78, 5) is 25.8. The van der Waals surface area contributed by atoms with Crippen molar-refractivity contribution in [1.29, 1.82) is 0 Å². The van der Waals surface area contributed by atoms with E-state index in [9.17, 15) is 9.59 Å². The Labute approximate surface area is 119 Å². The van der Waals surface area contributed by atoms with E-state index in [2.05, 4.69) is 0 Å². The molecule has 4 nitrogen and oxygen atoms in total. The van der Waals surface area contributed by atoms with Crippen LogP contribution < -0.4 is 4.90 Å². The first-order chi connectivity index (χ1) is 9.45. The molecule has 1 aromatic rings. The molecule has 0 radical (unpaired) electrons. The Hall–Kier alpha value is -2.10. The van der Waals surface area contributed by atoms with E-state index in [0.717, 1.165) is 5.69 Å². The number of hydrogen-bond donors (Lipinski definition) is 0. The number of ether oxygens (including phenoxy) is 1. The summed E-state index contributed by atoms with van der Waals surface area (Å²) in [5.74, 6) is -0.645. The van der Waals surface area contributed by atoms with Gasteiger partial charge in [0, 0.05) is 23.7 Å². The molecule has 0 aliphatic carbocycles. The zero-order valence-electron chi connectivity index (χ0n) is 12.0. The summed E-state index contributed by atoms with van der Waals surface area (Å²) in [6, 6.07) is 9.43. The van der Waals surface area contributed by atoms with Crippen molar-refractivity contribution in [1.82, 2.24) is 0 Å². The zero-order valence-corrected chi connectivity index (χ0v) is 12.0. The molecule has 1 fully saturated rings. The van der Waals surface area contributed by atoms with Crippen LogP contribution in [0.3, 0.4) is 0 Å². The minimum absolute atomic E-state index is 0.168. The van der Waals surface area contributed by atoms with Gasteiger partial charge in [-0.3, -0.25) is 4.79 Å². The predicted octanol–water partition coefficient (Wildman–Crippen LogP) is 2.55. The Kier molecular flexibility index (Phi) is 3.93. The molecular weight excluding hydrogens is 254 g/mol. The molecular formula is C16H19NO3. The number of benzene rings is 1. The van der Waals surface area contributed by atoms with E-state index in [4.69, 9.17) is 4.74 Å². The number of esters is 1. The Morgan fingerprint density at radius 1 is 1.35 bits per heavy atom. The summed E-state index contributed by atoms with van der Waals surface area (Å²) in [7, 11) is 0. The lowest BCUT2D eigenvalue weighted by atomic mass is 9.89. The molecule has 0 N–H and O–H groups in total. The van der Waals surface area contributed by atoms with Gasteiger partial charge < -0.3 is 9.64 Å². The molecule has 0 saturated carbocycles. The second kappa shape index (κ2) is 5.49. The SMILES string of the molecule is C/C=C/C(=O)O[C@H]1C(=O)N(c2ccccc2)CC1(C)C. The van der Waals surface area contributed by atoms with Crippen LogP contribution in [-0.4, -0.2) is 24.5 Å². The first-order valence-electron chi connectivity index (χ1n) is 6.65. The average molecular weight is 273 g/mol. The van der Waals surface area contributed by atoms with Gasteiger partial charge in [0.2, 0.25) is 0 Å².